The molecule has 24 heteroatoms. The van der Waals surface area contributed by atoms with Gasteiger partial charge in [-0.2, -0.15) is 4.31 Å². The van der Waals surface area contributed by atoms with E-state index >= 15 is 0 Å². The van der Waals surface area contributed by atoms with Crippen LogP contribution in [0.5, 0.6) is 0 Å². The lowest BCUT2D eigenvalue weighted by Gasteiger charge is -2.42. The molecule has 0 saturated carbocycles. The number of aromatic nitrogens is 2. The molecule has 7 unspecified atom stereocenters. The molecular formula is C20H33N3O19P2. The number of nitrogens with one attached hydrogen (secondary N) is 2. The lowest BCUT2D eigenvalue weighted by molar-refractivity contribution is -0.248. The Morgan fingerprint density at radius 2 is 1.70 bits per heavy atom. The van der Waals surface area contributed by atoms with E-state index in [0.29, 0.717) is 0 Å². The summed E-state index contributed by atoms with van der Waals surface area (Å²) in [6.45, 7) is -2.43. The van der Waals surface area contributed by atoms with Gasteiger partial charge in [-0.1, -0.05) is 0 Å². The van der Waals surface area contributed by atoms with Crippen molar-refractivity contribution in [1.82, 2.24) is 14.9 Å². The molecule has 11 atom stereocenters. The van der Waals surface area contributed by atoms with Crippen LogP contribution in [0.2, 0.25) is 0 Å². The summed E-state index contributed by atoms with van der Waals surface area (Å²) in [5, 5.41) is 52.7. The zero-order valence-corrected chi connectivity index (χ0v) is 24.5. The molecule has 2 fully saturated rings. The number of phosphoric ester groups is 2. The molecular weight excluding hydrogens is 648 g/mol. The van der Waals surface area contributed by atoms with Gasteiger partial charge in [0, 0.05) is 19.4 Å². The second-order valence-electron chi connectivity index (χ2n) is 9.33. The predicted molar refractivity (Wildman–Crippen MR) is 137 cm³/mol. The van der Waals surface area contributed by atoms with Crippen molar-refractivity contribution in [3.63, 3.8) is 0 Å². The summed E-state index contributed by atoms with van der Waals surface area (Å²) in [5.41, 5.74) is -1.77. The number of carbonyl (C=O) groups excluding carboxylic acids is 1. The SMILES string of the molecule is COCCOCC(=O)NC1C(O)[C@@H](O)C(CO)O[C@@H]1OP(=O)(O)OP(=O)(O)OCC1OC(n2ccc(=O)[nH]c2=O)[C@H](O)[C@@H]1O. The Hall–Kier alpha value is -1.95. The van der Waals surface area contributed by atoms with Crippen molar-refractivity contribution >= 4 is 21.6 Å². The molecule has 44 heavy (non-hydrogen) atoms. The highest BCUT2D eigenvalue weighted by atomic mass is 31.3. The number of aliphatic hydroxyl groups excluding tert-OH is 5. The number of carbonyl (C=O) groups is 1. The number of phosphoric acid groups is 2. The highest BCUT2D eigenvalue weighted by molar-refractivity contribution is 7.61. The molecule has 0 aromatic carbocycles. The van der Waals surface area contributed by atoms with Gasteiger partial charge >= 0.3 is 21.3 Å². The Labute approximate surface area is 246 Å². The standard InChI is InChI=1S/C20H33N3O19P2/c1-36-4-5-37-8-12(26)21-13-16(29)14(27)9(6-24)40-19(13)41-44(34,35)42-43(32,33)38-7-10-15(28)17(30)18(39-10)23-3-2-11(25)22-20(23)31/h2-3,9-10,13-19,24,27-30H,4-8H2,1H3,(H,21,26)(H,32,33)(H,34,35)(H,22,25,31)/t9?,10?,13?,14-,15+,16?,17+,18?,19+/m0/s1. The van der Waals surface area contributed by atoms with Gasteiger partial charge in [-0.3, -0.25) is 28.2 Å². The minimum atomic E-state index is -5.71. The van der Waals surface area contributed by atoms with Crippen molar-refractivity contribution < 1.29 is 81.5 Å². The summed E-state index contributed by atoms with van der Waals surface area (Å²) in [6.07, 6.45) is -13.4. The Kier molecular flexibility index (Phi) is 12.9. The van der Waals surface area contributed by atoms with Crippen LogP contribution in [0.3, 0.4) is 0 Å². The number of aromatic amines is 1. The van der Waals surface area contributed by atoms with E-state index < -0.39 is 108 Å². The minimum absolute atomic E-state index is 0.00241. The highest BCUT2D eigenvalue weighted by Gasteiger charge is 2.50. The van der Waals surface area contributed by atoms with Crippen LogP contribution in [0.25, 0.3) is 0 Å². The first-order valence-electron chi connectivity index (χ1n) is 12.6. The third-order valence-electron chi connectivity index (χ3n) is 6.18. The molecule has 2 aliphatic rings. The van der Waals surface area contributed by atoms with Crippen molar-refractivity contribution in [2.45, 2.75) is 55.2 Å². The van der Waals surface area contributed by atoms with Crippen molar-refractivity contribution in [2.75, 3.05) is 40.1 Å². The summed E-state index contributed by atoms with van der Waals surface area (Å²) in [4.78, 5) is 57.6. The first-order valence-corrected chi connectivity index (χ1v) is 15.6. The summed E-state index contributed by atoms with van der Waals surface area (Å²) >= 11 is 0. The molecule has 22 nitrogen and oxygen atoms in total. The molecule has 0 bridgehead atoms. The van der Waals surface area contributed by atoms with Crippen molar-refractivity contribution in [2.24, 2.45) is 0 Å². The van der Waals surface area contributed by atoms with E-state index in [1.165, 1.54) is 7.11 Å². The lowest BCUT2D eigenvalue weighted by atomic mass is 9.97. The number of ether oxygens (including phenoxy) is 4. The van der Waals surface area contributed by atoms with Crippen LogP contribution >= 0.6 is 15.6 Å². The fourth-order valence-electron chi connectivity index (χ4n) is 4.06. The quantitative estimate of drug-likeness (QED) is 0.0618. The Morgan fingerprint density at radius 1 is 1.02 bits per heavy atom. The summed E-state index contributed by atoms with van der Waals surface area (Å²) in [6, 6.07) is -0.876. The molecule has 0 aliphatic carbocycles. The van der Waals surface area contributed by atoms with E-state index in [2.05, 4.69) is 14.2 Å². The molecule has 2 aliphatic heterocycles. The van der Waals surface area contributed by atoms with Crippen LogP contribution < -0.4 is 16.6 Å². The Morgan fingerprint density at radius 3 is 2.34 bits per heavy atom. The molecule has 9 N–H and O–H groups in total. The number of methoxy groups -OCH3 is 1. The third kappa shape index (κ3) is 9.53. The number of amides is 1. The van der Waals surface area contributed by atoms with E-state index in [4.69, 9.17) is 23.5 Å². The van der Waals surface area contributed by atoms with Crippen LogP contribution in [0.1, 0.15) is 6.23 Å². The average Bonchev–Trinajstić information content (AvgIpc) is 3.22. The average molecular weight is 681 g/mol. The molecule has 3 heterocycles. The maximum atomic E-state index is 12.6. The summed E-state index contributed by atoms with van der Waals surface area (Å²) < 4.78 is 59.6. The monoisotopic (exact) mass is 681 g/mol. The first-order chi connectivity index (χ1) is 20.6. The summed E-state index contributed by atoms with van der Waals surface area (Å²) in [7, 11) is -9.89. The summed E-state index contributed by atoms with van der Waals surface area (Å²) in [5.74, 6) is -0.915. The van der Waals surface area contributed by atoms with Crippen LogP contribution in [-0.2, 0) is 46.2 Å². The maximum Gasteiger partial charge on any atom is 0.483 e. The van der Waals surface area contributed by atoms with E-state index in [1.54, 1.807) is 0 Å². The molecule has 1 aromatic heterocycles. The molecule has 1 aromatic rings. The van der Waals surface area contributed by atoms with Crippen molar-refractivity contribution in [3.8, 4) is 0 Å². The van der Waals surface area contributed by atoms with Crippen molar-refractivity contribution in [3.05, 3.63) is 33.1 Å². The van der Waals surface area contributed by atoms with E-state index in [-0.39, 0.29) is 13.2 Å². The van der Waals surface area contributed by atoms with Gasteiger partial charge < -0.3 is 59.6 Å². The smallest absolute Gasteiger partial charge is 0.394 e. The molecule has 252 valence electrons. The van der Waals surface area contributed by atoms with Gasteiger partial charge in [0.15, 0.2) is 12.5 Å². The normalized spacial score (nSPS) is 33.4. The highest BCUT2D eigenvalue weighted by Crippen LogP contribution is 2.61. The van der Waals surface area contributed by atoms with Crippen LogP contribution in [0.4, 0.5) is 0 Å². The number of rotatable bonds is 15. The zero-order valence-electron chi connectivity index (χ0n) is 22.8. The molecule has 1 amide bonds. The Bertz CT molecular complexity index is 1330. The first kappa shape index (κ1) is 36.5. The third-order valence-corrected chi connectivity index (χ3v) is 8.78. The van der Waals surface area contributed by atoms with Crippen molar-refractivity contribution in [1.29, 1.82) is 0 Å². The number of hydrogen-bond acceptors (Lipinski definition) is 17. The van der Waals surface area contributed by atoms with Gasteiger partial charge in [0.1, 0.15) is 49.3 Å². The van der Waals surface area contributed by atoms with Gasteiger partial charge in [0.25, 0.3) is 5.56 Å². The zero-order chi connectivity index (χ0) is 32.8. The van der Waals surface area contributed by atoms with E-state index in [0.717, 1.165) is 16.8 Å². The second-order valence-corrected chi connectivity index (χ2v) is 12.3. The van der Waals surface area contributed by atoms with Crippen LogP contribution in [0, 0.1) is 0 Å². The van der Waals surface area contributed by atoms with E-state index in [9.17, 15) is 58.8 Å². The largest absolute Gasteiger partial charge is 0.483 e. The number of hydrogen-bond donors (Lipinski definition) is 9. The van der Waals surface area contributed by atoms with Gasteiger partial charge in [-0.15, -0.1) is 0 Å². The second kappa shape index (κ2) is 15.6. The predicted octanol–water partition coefficient (Wildman–Crippen LogP) is -5.01. The van der Waals surface area contributed by atoms with Crippen LogP contribution in [-0.4, -0.2) is 140 Å². The minimum Gasteiger partial charge on any atom is -0.394 e. The van der Waals surface area contributed by atoms with Gasteiger partial charge in [0.2, 0.25) is 5.91 Å². The van der Waals surface area contributed by atoms with Gasteiger partial charge in [-0.25, -0.2) is 13.9 Å². The van der Waals surface area contributed by atoms with Gasteiger partial charge in [0.05, 0.1) is 26.4 Å². The van der Waals surface area contributed by atoms with E-state index in [1.807, 2.05) is 4.98 Å². The van der Waals surface area contributed by atoms with Crippen LogP contribution in [0.15, 0.2) is 21.9 Å². The fraction of sp³-hybridized carbons (Fsp3) is 0.750. The Balaban J connectivity index is 1.64. The topological polar surface area (TPSA) is 324 Å². The maximum absolute atomic E-state index is 12.6. The fourth-order valence-corrected chi connectivity index (χ4v) is 6.22. The molecule has 3 rings (SSSR count). The van der Waals surface area contributed by atoms with Gasteiger partial charge in [-0.05, 0) is 0 Å². The molecule has 2 saturated heterocycles. The number of aliphatic hydroxyl groups is 5. The molecule has 0 spiro atoms. The number of H-pyrrole nitrogens is 1. The molecule has 0 radical (unpaired) electrons. The lowest BCUT2D eigenvalue weighted by Crippen LogP contribution is -2.64. The number of nitrogens with zero attached hydrogens (tertiary/aromatic N) is 1.